The van der Waals surface area contributed by atoms with Crippen LogP contribution < -0.4 is 0 Å². The third-order valence-electron chi connectivity index (χ3n) is 3.91. The number of rotatable bonds is 2. The molecule has 0 saturated carbocycles. The van der Waals surface area contributed by atoms with Gasteiger partial charge in [-0.2, -0.15) is 0 Å². The van der Waals surface area contributed by atoms with Crippen molar-refractivity contribution in [2.75, 3.05) is 0 Å². The molecule has 2 aromatic rings. The molecule has 0 unspecified atom stereocenters. The molecule has 0 N–H and O–H groups in total. The molecule has 2 heterocycles. The van der Waals surface area contributed by atoms with E-state index in [0.29, 0.717) is 0 Å². The first-order chi connectivity index (χ1) is 8.66. The van der Waals surface area contributed by atoms with Gasteiger partial charge >= 0.3 is 0 Å². The van der Waals surface area contributed by atoms with E-state index in [1.54, 1.807) is 0 Å². The van der Waals surface area contributed by atoms with Gasteiger partial charge in [-0.3, -0.25) is 0 Å². The van der Waals surface area contributed by atoms with Gasteiger partial charge in [-0.15, -0.1) is 10.2 Å². The minimum atomic E-state index is 0.783. The standard InChI is InChI=1S/C13H19N5/c1-9-14-11-6-4-5-7-12(11)18(9)8-13-16-15-10(2)17(13)3/h4-8H2,1-3H3. The third kappa shape index (κ3) is 1.74. The first-order valence-electron chi connectivity index (χ1n) is 6.56. The number of hydrogen-bond donors (Lipinski definition) is 0. The number of aromatic nitrogens is 5. The van der Waals surface area contributed by atoms with E-state index in [-0.39, 0.29) is 0 Å². The number of imidazole rings is 1. The van der Waals surface area contributed by atoms with Gasteiger partial charge in [0.1, 0.15) is 11.6 Å². The van der Waals surface area contributed by atoms with Gasteiger partial charge in [0.2, 0.25) is 0 Å². The SMILES string of the molecule is Cc1nnc(Cn2c(C)nc3c2CCCC3)n1C. The zero-order valence-electron chi connectivity index (χ0n) is 11.3. The van der Waals surface area contributed by atoms with Crippen LogP contribution in [0.4, 0.5) is 0 Å². The van der Waals surface area contributed by atoms with Crippen molar-refractivity contribution in [2.45, 2.75) is 46.1 Å². The van der Waals surface area contributed by atoms with Crippen molar-refractivity contribution in [2.24, 2.45) is 7.05 Å². The summed E-state index contributed by atoms with van der Waals surface area (Å²) in [6, 6.07) is 0. The Balaban J connectivity index is 1.97. The second kappa shape index (κ2) is 4.23. The molecule has 0 fully saturated rings. The van der Waals surface area contributed by atoms with Crippen LogP contribution in [0.3, 0.4) is 0 Å². The lowest BCUT2D eigenvalue weighted by molar-refractivity contribution is 0.603. The molecule has 0 bridgehead atoms. The lowest BCUT2D eigenvalue weighted by Gasteiger charge is -2.14. The highest BCUT2D eigenvalue weighted by Crippen LogP contribution is 2.22. The van der Waals surface area contributed by atoms with Gasteiger partial charge in [-0.25, -0.2) is 4.98 Å². The monoisotopic (exact) mass is 245 g/mol. The molecular formula is C13H19N5. The molecular weight excluding hydrogens is 226 g/mol. The van der Waals surface area contributed by atoms with Gasteiger partial charge in [0, 0.05) is 12.7 Å². The van der Waals surface area contributed by atoms with Crippen molar-refractivity contribution in [1.82, 2.24) is 24.3 Å². The zero-order chi connectivity index (χ0) is 12.7. The first-order valence-corrected chi connectivity index (χ1v) is 6.56. The van der Waals surface area contributed by atoms with Crippen molar-refractivity contribution < 1.29 is 0 Å². The summed E-state index contributed by atoms with van der Waals surface area (Å²) < 4.78 is 4.35. The van der Waals surface area contributed by atoms with Crippen LogP contribution in [0, 0.1) is 13.8 Å². The van der Waals surface area contributed by atoms with E-state index in [0.717, 1.165) is 36.9 Å². The van der Waals surface area contributed by atoms with E-state index < -0.39 is 0 Å². The summed E-state index contributed by atoms with van der Waals surface area (Å²) >= 11 is 0. The fourth-order valence-corrected chi connectivity index (χ4v) is 2.68. The molecule has 96 valence electrons. The molecule has 5 heteroatoms. The van der Waals surface area contributed by atoms with Crippen molar-refractivity contribution in [3.63, 3.8) is 0 Å². The van der Waals surface area contributed by atoms with Gasteiger partial charge in [0.15, 0.2) is 5.82 Å². The minimum Gasteiger partial charge on any atom is -0.324 e. The molecule has 2 aromatic heterocycles. The normalized spacial score (nSPS) is 14.8. The van der Waals surface area contributed by atoms with Gasteiger partial charge in [0.05, 0.1) is 12.2 Å². The summed E-state index contributed by atoms with van der Waals surface area (Å²) in [6.07, 6.45) is 4.82. The van der Waals surface area contributed by atoms with E-state index in [4.69, 9.17) is 0 Å². The fourth-order valence-electron chi connectivity index (χ4n) is 2.68. The largest absolute Gasteiger partial charge is 0.324 e. The highest BCUT2D eigenvalue weighted by atomic mass is 15.3. The van der Waals surface area contributed by atoms with Crippen LogP contribution in [0.1, 0.15) is 41.7 Å². The summed E-state index contributed by atoms with van der Waals surface area (Å²) in [5.41, 5.74) is 2.69. The average molecular weight is 245 g/mol. The van der Waals surface area contributed by atoms with E-state index in [1.165, 1.54) is 24.2 Å². The van der Waals surface area contributed by atoms with Gasteiger partial charge in [-0.1, -0.05) is 0 Å². The highest BCUT2D eigenvalue weighted by Gasteiger charge is 2.19. The van der Waals surface area contributed by atoms with Crippen molar-refractivity contribution >= 4 is 0 Å². The molecule has 0 saturated heterocycles. The summed E-state index contributed by atoms with van der Waals surface area (Å²) in [6.45, 7) is 4.85. The maximum atomic E-state index is 4.69. The molecule has 5 nitrogen and oxygen atoms in total. The van der Waals surface area contributed by atoms with Crippen LogP contribution in [0.15, 0.2) is 0 Å². The van der Waals surface area contributed by atoms with Crippen molar-refractivity contribution in [3.8, 4) is 0 Å². The Hall–Kier alpha value is -1.65. The Morgan fingerprint density at radius 2 is 1.83 bits per heavy atom. The topological polar surface area (TPSA) is 48.5 Å². The molecule has 1 aliphatic carbocycles. The quantitative estimate of drug-likeness (QED) is 0.806. The smallest absolute Gasteiger partial charge is 0.152 e. The third-order valence-corrected chi connectivity index (χ3v) is 3.91. The molecule has 0 aliphatic heterocycles. The molecule has 0 spiro atoms. The molecule has 3 rings (SSSR count). The van der Waals surface area contributed by atoms with Crippen molar-refractivity contribution in [1.29, 1.82) is 0 Å². The Kier molecular flexibility index (Phi) is 2.69. The Morgan fingerprint density at radius 1 is 1.06 bits per heavy atom. The van der Waals surface area contributed by atoms with Crippen LogP contribution in [-0.4, -0.2) is 24.3 Å². The predicted molar refractivity (Wildman–Crippen MR) is 68.4 cm³/mol. The maximum absolute atomic E-state index is 4.69. The van der Waals surface area contributed by atoms with E-state index >= 15 is 0 Å². The van der Waals surface area contributed by atoms with Crippen LogP contribution >= 0.6 is 0 Å². The van der Waals surface area contributed by atoms with Gasteiger partial charge < -0.3 is 9.13 Å². The zero-order valence-corrected chi connectivity index (χ0v) is 11.3. The fraction of sp³-hybridized carbons (Fsp3) is 0.615. The highest BCUT2D eigenvalue weighted by molar-refractivity contribution is 5.20. The Bertz CT molecular complexity index is 578. The van der Waals surface area contributed by atoms with Gasteiger partial charge in [-0.05, 0) is 39.5 Å². The molecule has 0 atom stereocenters. The molecule has 18 heavy (non-hydrogen) atoms. The Morgan fingerprint density at radius 3 is 2.56 bits per heavy atom. The second-order valence-corrected chi connectivity index (χ2v) is 5.07. The molecule has 0 aromatic carbocycles. The van der Waals surface area contributed by atoms with Crippen LogP contribution in [-0.2, 0) is 26.4 Å². The number of fused-ring (bicyclic) bond motifs is 1. The molecule has 0 radical (unpaired) electrons. The molecule has 1 aliphatic rings. The second-order valence-electron chi connectivity index (χ2n) is 5.07. The van der Waals surface area contributed by atoms with Crippen LogP contribution in [0.2, 0.25) is 0 Å². The number of aryl methyl sites for hydroxylation is 3. The average Bonchev–Trinajstić information content (AvgIpc) is 2.85. The van der Waals surface area contributed by atoms with Crippen LogP contribution in [0.5, 0.6) is 0 Å². The maximum Gasteiger partial charge on any atom is 0.152 e. The van der Waals surface area contributed by atoms with Crippen LogP contribution in [0.25, 0.3) is 0 Å². The van der Waals surface area contributed by atoms with E-state index in [2.05, 4.69) is 31.2 Å². The number of nitrogens with zero attached hydrogens (tertiary/aromatic N) is 5. The number of hydrogen-bond acceptors (Lipinski definition) is 3. The summed E-state index contributed by atoms with van der Waals surface area (Å²) in [4.78, 5) is 4.69. The van der Waals surface area contributed by atoms with Gasteiger partial charge in [0.25, 0.3) is 0 Å². The minimum absolute atomic E-state index is 0.783. The summed E-state index contributed by atoms with van der Waals surface area (Å²) in [5, 5.41) is 8.36. The predicted octanol–water partition coefficient (Wildman–Crippen LogP) is 1.56. The summed E-state index contributed by atoms with van der Waals surface area (Å²) in [7, 11) is 2.02. The summed E-state index contributed by atoms with van der Waals surface area (Å²) in [5.74, 6) is 3.06. The lowest BCUT2D eigenvalue weighted by Crippen LogP contribution is -2.13. The molecule has 0 amide bonds. The first kappa shape index (κ1) is 11.4. The lowest BCUT2D eigenvalue weighted by atomic mass is 10.0. The van der Waals surface area contributed by atoms with E-state index in [1.807, 2.05) is 14.0 Å². The van der Waals surface area contributed by atoms with E-state index in [9.17, 15) is 0 Å². The van der Waals surface area contributed by atoms with Crippen molar-refractivity contribution in [3.05, 3.63) is 28.9 Å². The Labute approximate surface area is 107 Å².